The quantitative estimate of drug-likeness (QED) is 0.593. The van der Waals surface area contributed by atoms with Gasteiger partial charge in [-0.3, -0.25) is 4.79 Å². The topological polar surface area (TPSA) is 84.9 Å². The number of fused-ring (bicyclic) bond motifs is 1. The van der Waals surface area contributed by atoms with Gasteiger partial charge in [0.05, 0.1) is 31.5 Å². The summed E-state index contributed by atoms with van der Waals surface area (Å²) in [4.78, 5) is 29.8. The highest BCUT2D eigenvalue weighted by Gasteiger charge is 2.28. The average Bonchev–Trinajstić information content (AvgIpc) is 3.06. The summed E-state index contributed by atoms with van der Waals surface area (Å²) in [6.07, 6.45) is 4.62. The van der Waals surface area contributed by atoms with E-state index in [1.807, 2.05) is 25.1 Å². The predicted octanol–water partition coefficient (Wildman–Crippen LogP) is 2.53. The predicted molar refractivity (Wildman–Crippen MR) is 113 cm³/mol. The number of aromatic nitrogens is 1. The Hall–Kier alpha value is -2.54. The van der Waals surface area contributed by atoms with Crippen molar-refractivity contribution in [1.82, 2.24) is 4.98 Å². The van der Waals surface area contributed by atoms with E-state index in [2.05, 4.69) is 17.2 Å². The van der Waals surface area contributed by atoms with E-state index in [9.17, 15) is 9.59 Å². The van der Waals surface area contributed by atoms with Gasteiger partial charge in [-0.2, -0.15) is 0 Å². The largest absolute Gasteiger partial charge is 0.494 e. The third-order valence-electron chi connectivity index (χ3n) is 5.58. The van der Waals surface area contributed by atoms with Gasteiger partial charge in [0.25, 0.3) is 5.91 Å². The Labute approximate surface area is 171 Å². The van der Waals surface area contributed by atoms with Crippen LogP contribution in [0.2, 0.25) is 0 Å². The average molecular weight is 403 g/mol. The van der Waals surface area contributed by atoms with Gasteiger partial charge in [0.2, 0.25) is 0 Å². The van der Waals surface area contributed by atoms with Crippen LogP contribution < -0.4 is 15.0 Å². The van der Waals surface area contributed by atoms with Crippen LogP contribution in [0.5, 0.6) is 5.75 Å². The lowest BCUT2D eigenvalue weighted by Crippen LogP contribution is -3.17. The number of amides is 1. The number of rotatable bonds is 8. The molecule has 158 valence electrons. The lowest BCUT2D eigenvalue weighted by atomic mass is 10.00. The number of hydrogen-bond donors (Lipinski definition) is 3. The van der Waals surface area contributed by atoms with Crippen molar-refractivity contribution in [1.29, 1.82) is 0 Å². The van der Waals surface area contributed by atoms with Crippen LogP contribution >= 0.6 is 0 Å². The van der Waals surface area contributed by atoms with E-state index in [0.29, 0.717) is 30.6 Å². The number of anilines is 1. The molecule has 1 aliphatic rings. The summed E-state index contributed by atoms with van der Waals surface area (Å²) in [5.41, 5.74) is 1.49. The van der Waals surface area contributed by atoms with Crippen molar-refractivity contribution in [3.8, 4) is 5.75 Å². The SMILES string of the molecule is CCOC(=O)c1[nH]c2ccc(OCC)cc2c1NC(=O)C[NH+]1CCCC[C@@H]1CC. The molecule has 2 atom stereocenters. The number of ether oxygens (including phenoxy) is 2. The maximum atomic E-state index is 12.9. The fourth-order valence-electron chi connectivity index (χ4n) is 4.18. The molecule has 0 bridgehead atoms. The molecule has 1 amide bonds. The van der Waals surface area contributed by atoms with Gasteiger partial charge in [-0.1, -0.05) is 6.92 Å². The number of benzene rings is 1. The first kappa shape index (κ1) is 21.2. The molecule has 1 aromatic heterocycles. The van der Waals surface area contributed by atoms with Crippen molar-refractivity contribution >= 4 is 28.5 Å². The zero-order valence-corrected chi connectivity index (χ0v) is 17.6. The van der Waals surface area contributed by atoms with Crippen molar-refractivity contribution in [3.63, 3.8) is 0 Å². The summed E-state index contributed by atoms with van der Waals surface area (Å²) < 4.78 is 10.8. The van der Waals surface area contributed by atoms with Crippen LogP contribution in [0.25, 0.3) is 10.9 Å². The van der Waals surface area contributed by atoms with E-state index in [-0.39, 0.29) is 18.2 Å². The molecule has 1 unspecified atom stereocenters. The summed E-state index contributed by atoms with van der Waals surface area (Å²) in [7, 11) is 0. The first-order valence-electron chi connectivity index (χ1n) is 10.7. The minimum Gasteiger partial charge on any atom is -0.494 e. The summed E-state index contributed by atoms with van der Waals surface area (Å²) in [5, 5.41) is 3.73. The number of carbonyl (C=O) groups is 2. The highest BCUT2D eigenvalue weighted by Crippen LogP contribution is 2.31. The highest BCUT2D eigenvalue weighted by molar-refractivity contribution is 6.11. The van der Waals surface area contributed by atoms with E-state index in [1.54, 1.807) is 6.92 Å². The van der Waals surface area contributed by atoms with E-state index >= 15 is 0 Å². The Morgan fingerprint density at radius 1 is 1.21 bits per heavy atom. The highest BCUT2D eigenvalue weighted by atomic mass is 16.5. The number of likely N-dealkylation sites (tertiary alicyclic amines) is 1. The maximum absolute atomic E-state index is 12.9. The normalized spacial score (nSPS) is 19.1. The lowest BCUT2D eigenvalue weighted by molar-refractivity contribution is -0.923. The number of nitrogens with one attached hydrogen (secondary N) is 3. The molecular formula is C22H32N3O4+. The Morgan fingerprint density at radius 3 is 2.76 bits per heavy atom. The number of piperidine rings is 1. The smallest absolute Gasteiger partial charge is 0.356 e. The van der Waals surface area contributed by atoms with E-state index < -0.39 is 5.97 Å². The molecule has 1 saturated heterocycles. The van der Waals surface area contributed by atoms with E-state index in [0.717, 1.165) is 36.7 Å². The number of hydrogen-bond acceptors (Lipinski definition) is 4. The molecule has 7 heteroatoms. The molecule has 1 fully saturated rings. The fraction of sp³-hybridized carbons (Fsp3) is 0.545. The number of carbonyl (C=O) groups excluding carboxylic acids is 2. The summed E-state index contributed by atoms with van der Waals surface area (Å²) in [6, 6.07) is 6.05. The van der Waals surface area contributed by atoms with Crippen molar-refractivity contribution in [2.45, 2.75) is 52.5 Å². The second-order valence-corrected chi connectivity index (χ2v) is 7.47. The molecule has 1 aromatic carbocycles. The number of quaternary nitrogens is 1. The van der Waals surface area contributed by atoms with Crippen LogP contribution in [-0.2, 0) is 9.53 Å². The van der Waals surface area contributed by atoms with Crippen molar-refractivity contribution in [2.24, 2.45) is 0 Å². The second-order valence-electron chi connectivity index (χ2n) is 7.47. The van der Waals surface area contributed by atoms with Gasteiger partial charge >= 0.3 is 5.97 Å². The van der Waals surface area contributed by atoms with Gasteiger partial charge < -0.3 is 24.7 Å². The van der Waals surface area contributed by atoms with Gasteiger partial charge in [-0.05, 0) is 57.7 Å². The van der Waals surface area contributed by atoms with Crippen LogP contribution in [0, 0.1) is 0 Å². The zero-order chi connectivity index (χ0) is 20.8. The number of aromatic amines is 1. The van der Waals surface area contributed by atoms with Crippen LogP contribution in [0.1, 0.15) is 56.9 Å². The molecular weight excluding hydrogens is 370 g/mol. The first-order valence-corrected chi connectivity index (χ1v) is 10.7. The number of H-pyrrole nitrogens is 1. The van der Waals surface area contributed by atoms with Crippen molar-refractivity contribution in [3.05, 3.63) is 23.9 Å². The Kier molecular flexibility index (Phi) is 7.14. The molecule has 0 spiro atoms. The van der Waals surface area contributed by atoms with Crippen LogP contribution in [0.15, 0.2) is 18.2 Å². The maximum Gasteiger partial charge on any atom is 0.356 e. The first-order chi connectivity index (χ1) is 14.1. The summed E-state index contributed by atoms with van der Waals surface area (Å²) >= 11 is 0. The zero-order valence-electron chi connectivity index (χ0n) is 17.6. The van der Waals surface area contributed by atoms with Crippen molar-refractivity contribution < 1.29 is 24.0 Å². The third-order valence-corrected chi connectivity index (χ3v) is 5.58. The lowest BCUT2D eigenvalue weighted by Gasteiger charge is -2.31. The van der Waals surface area contributed by atoms with Crippen molar-refractivity contribution in [2.75, 3.05) is 31.6 Å². The molecule has 7 nitrogen and oxygen atoms in total. The van der Waals surface area contributed by atoms with E-state index in [1.165, 1.54) is 11.3 Å². The molecule has 0 radical (unpaired) electrons. The van der Waals surface area contributed by atoms with Crippen LogP contribution in [0.3, 0.4) is 0 Å². The molecule has 2 heterocycles. The summed E-state index contributed by atoms with van der Waals surface area (Å²) in [6.45, 7) is 8.08. The van der Waals surface area contributed by atoms with E-state index in [4.69, 9.17) is 9.47 Å². The Bertz CT molecular complexity index is 861. The number of esters is 1. The molecule has 29 heavy (non-hydrogen) atoms. The van der Waals surface area contributed by atoms with Gasteiger partial charge in [-0.15, -0.1) is 0 Å². The van der Waals surface area contributed by atoms with Crippen LogP contribution in [-0.4, -0.2) is 49.2 Å². The van der Waals surface area contributed by atoms with Gasteiger partial charge in [0, 0.05) is 10.9 Å². The minimum atomic E-state index is -0.478. The molecule has 3 rings (SSSR count). The molecule has 1 aliphatic heterocycles. The molecule has 0 saturated carbocycles. The monoisotopic (exact) mass is 402 g/mol. The molecule has 2 aromatic rings. The molecule has 0 aliphatic carbocycles. The third kappa shape index (κ3) is 4.90. The second kappa shape index (κ2) is 9.78. The van der Waals surface area contributed by atoms with Gasteiger partial charge in [0.1, 0.15) is 11.4 Å². The molecule has 3 N–H and O–H groups in total. The Morgan fingerprint density at radius 2 is 2.03 bits per heavy atom. The fourth-order valence-corrected chi connectivity index (χ4v) is 4.18. The van der Waals surface area contributed by atoms with Crippen LogP contribution in [0.4, 0.5) is 5.69 Å². The summed E-state index contributed by atoms with van der Waals surface area (Å²) in [5.74, 6) is 0.125. The Balaban J connectivity index is 1.88. The standard InChI is InChI=1S/C22H31N3O4/c1-4-15-9-7-8-12-25(15)14-19(26)24-20-17-13-16(28-5-2)10-11-18(17)23-21(20)22(27)29-6-3/h10-11,13,15,23H,4-9,12,14H2,1-3H3,(H,24,26)/p+1/t15-/m0/s1. The van der Waals surface area contributed by atoms with Gasteiger partial charge in [0.15, 0.2) is 6.54 Å². The van der Waals surface area contributed by atoms with Gasteiger partial charge in [-0.25, -0.2) is 4.79 Å². The minimum absolute atomic E-state index is 0.0892.